The highest BCUT2D eigenvalue weighted by atomic mass is 16.5. The van der Waals surface area contributed by atoms with Crippen LogP contribution >= 0.6 is 0 Å². The zero-order chi connectivity index (χ0) is 12.1. The fourth-order valence-corrected chi connectivity index (χ4v) is 2.01. The summed E-state index contributed by atoms with van der Waals surface area (Å²) >= 11 is 0. The molecule has 0 bridgehead atoms. The maximum Gasteiger partial charge on any atom is 0.309 e. The Hall–Kier alpha value is -2.01. The van der Waals surface area contributed by atoms with Crippen molar-refractivity contribution < 1.29 is 9.53 Å². The third-order valence-electron chi connectivity index (χ3n) is 2.85. The summed E-state index contributed by atoms with van der Waals surface area (Å²) < 4.78 is 5.13. The molecule has 2 heteroatoms. The Morgan fingerprint density at radius 1 is 1.41 bits per heavy atom. The molecule has 0 aliphatic carbocycles. The number of ether oxygens (including phenoxy) is 1. The lowest BCUT2D eigenvalue weighted by Crippen LogP contribution is -2.27. The molecule has 0 spiro atoms. The van der Waals surface area contributed by atoms with Gasteiger partial charge < -0.3 is 4.74 Å². The molecule has 0 radical (unpaired) electrons. The zero-order valence-electron chi connectivity index (χ0n) is 9.56. The van der Waals surface area contributed by atoms with Crippen LogP contribution in [0.25, 0.3) is 0 Å². The summed E-state index contributed by atoms with van der Waals surface area (Å²) in [7, 11) is 0. The van der Waals surface area contributed by atoms with Crippen LogP contribution < -0.4 is 0 Å². The van der Waals surface area contributed by atoms with Gasteiger partial charge in [0.1, 0.15) is 6.61 Å². The minimum atomic E-state index is -0.122. The molecule has 0 aromatic heterocycles. The average Bonchev–Trinajstić information content (AvgIpc) is 2.35. The molecule has 1 aliphatic rings. The molecular weight excluding hydrogens is 212 g/mol. The molecule has 1 aromatic carbocycles. The van der Waals surface area contributed by atoms with Crippen molar-refractivity contribution in [1.29, 1.82) is 0 Å². The highest BCUT2D eigenvalue weighted by molar-refractivity contribution is 5.74. The van der Waals surface area contributed by atoms with Crippen LogP contribution in [-0.2, 0) is 16.0 Å². The third-order valence-corrected chi connectivity index (χ3v) is 2.85. The topological polar surface area (TPSA) is 26.3 Å². The largest absolute Gasteiger partial charge is 0.461 e. The molecule has 1 unspecified atom stereocenters. The first-order valence-corrected chi connectivity index (χ1v) is 5.64. The van der Waals surface area contributed by atoms with Crippen molar-refractivity contribution in [2.75, 3.05) is 6.61 Å². The predicted molar refractivity (Wildman–Crippen MR) is 66.1 cm³/mol. The van der Waals surface area contributed by atoms with Crippen molar-refractivity contribution in [3.05, 3.63) is 47.5 Å². The van der Waals surface area contributed by atoms with Gasteiger partial charge in [-0.25, -0.2) is 0 Å². The molecule has 0 saturated carbocycles. The summed E-state index contributed by atoms with van der Waals surface area (Å²) in [6.07, 6.45) is 8.34. The van der Waals surface area contributed by atoms with E-state index in [-0.39, 0.29) is 11.9 Å². The average molecular weight is 226 g/mol. The fourth-order valence-electron chi connectivity index (χ4n) is 2.01. The number of carbonyl (C=O) groups excluding carboxylic acids is 1. The van der Waals surface area contributed by atoms with Crippen LogP contribution in [0.2, 0.25) is 0 Å². The second-order valence-corrected chi connectivity index (χ2v) is 4.17. The Bertz CT molecular complexity index is 465. The lowest BCUT2D eigenvalue weighted by molar-refractivity contribution is -0.150. The molecular formula is C15H14O2. The van der Waals surface area contributed by atoms with E-state index in [2.05, 4.69) is 5.92 Å². The summed E-state index contributed by atoms with van der Waals surface area (Å²) in [6.45, 7) is 0.342. The van der Waals surface area contributed by atoms with Crippen LogP contribution in [0, 0.1) is 18.3 Å². The number of terminal acetylenes is 1. The number of hydrogen-bond acceptors (Lipinski definition) is 2. The van der Waals surface area contributed by atoms with Crippen molar-refractivity contribution in [3.8, 4) is 12.3 Å². The van der Waals surface area contributed by atoms with Gasteiger partial charge in [0, 0.05) is 0 Å². The quantitative estimate of drug-likeness (QED) is 0.571. The lowest BCUT2D eigenvalue weighted by atomic mass is 9.91. The predicted octanol–water partition coefficient (Wildman–Crippen LogP) is 2.35. The second kappa shape index (κ2) is 5.36. The maximum atomic E-state index is 11.6. The van der Waals surface area contributed by atoms with Gasteiger partial charge in [0.05, 0.1) is 5.92 Å². The van der Waals surface area contributed by atoms with Gasteiger partial charge in [-0.2, -0.15) is 0 Å². The monoisotopic (exact) mass is 226 g/mol. The zero-order valence-corrected chi connectivity index (χ0v) is 9.56. The van der Waals surface area contributed by atoms with E-state index in [1.165, 1.54) is 0 Å². The summed E-state index contributed by atoms with van der Waals surface area (Å²) in [5.41, 5.74) is 2.17. The molecule has 1 atom stereocenters. The summed E-state index contributed by atoms with van der Waals surface area (Å²) in [5, 5.41) is 0. The lowest BCUT2D eigenvalue weighted by Gasteiger charge is -2.23. The number of carbonyl (C=O) groups is 1. The van der Waals surface area contributed by atoms with Gasteiger partial charge in [-0.3, -0.25) is 4.79 Å². The Morgan fingerprint density at radius 3 is 2.88 bits per heavy atom. The first-order valence-electron chi connectivity index (χ1n) is 5.64. The normalized spacial score (nSPS) is 21.9. The minimum absolute atomic E-state index is 0.106. The smallest absolute Gasteiger partial charge is 0.309 e. The van der Waals surface area contributed by atoms with E-state index in [9.17, 15) is 4.79 Å². The molecule has 1 aliphatic heterocycles. The molecule has 1 aromatic rings. The van der Waals surface area contributed by atoms with Gasteiger partial charge in [0.2, 0.25) is 0 Å². The first-order chi connectivity index (χ1) is 8.29. The maximum absolute atomic E-state index is 11.6. The first kappa shape index (κ1) is 11.5. The standard InChI is InChI=1S/C15H14O2/c1-2-6-13-10-14(15(16)17-11-13)9-12-7-4-3-5-8-12/h1,3-8,14H,9-11H2/b13-6+. The highest BCUT2D eigenvalue weighted by Gasteiger charge is 2.26. The fraction of sp³-hybridized carbons (Fsp3) is 0.267. The molecule has 1 fully saturated rings. The number of allylic oxidation sites excluding steroid dienone is 1. The van der Waals surface area contributed by atoms with Crippen LogP contribution in [-0.4, -0.2) is 12.6 Å². The SMILES string of the molecule is C#C/C=C1/COC(=O)C(Cc2ccccc2)C1. The number of cyclic esters (lactones) is 1. The Labute approximate surface area is 101 Å². The number of esters is 1. The van der Waals surface area contributed by atoms with E-state index in [1.54, 1.807) is 6.08 Å². The minimum Gasteiger partial charge on any atom is -0.461 e. The van der Waals surface area contributed by atoms with Crippen molar-refractivity contribution in [2.24, 2.45) is 5.92 Å². The van der Waals surface area contributed by atoms with Gasteiger partial charge in [-0.15, -0.1) is 6.42 Å². The van der Waals surface area contributed by atoms with Crippen molar-refractivity contribution in [1.82, 2.24) is 0 Å². The van der Waals surface area contributed by atoms with Crippen molar-refractivity contribution in [3.63, 3.8) is 0 Å². The van der Waals surface area contributed by atoms with E-state index in [0.717, 1.165) is 11.1 Å². The van der Waals surface area contributed by atoms with E-state index in [0.29, 0.717) is 19.4 Å². The second-order valence-electron chi connectivity index (χ2n) is 4.17. The molecule has 1 saturated heterocycles. The summed E-state index contributed by atoms with van der Waals surface area (Å²) in [5.74, 6) is 2.26. The number of hydrogen-bond donors (Lipinski definition) is 0. The molecule has 86 valence electrons. The molecule has 2 rings (SSSR count). The van der Waals surface area contributed by atoms with Crippen molar-refractivity contribution in [2.45, 2.75) is 12.8 Å². The Balaban J connectivity index is 2.07. The van der Waals surface area contributed by atoms with Gasteiger partial charge in [-0.1, -0.05) is 36.3 Å². The highest BCUT2D eigenvalue weighted by Crippen LogP contribution is 2.23. The third kappa shape index (κ3) is 2.98. The van der Waals surface area contributed by atoms with Gasteiger partial charge >= 0.3 is 5.97 Å². The van der Waals surface area contributed by atoms with Crippen LogP contribution in [0.15, 0.2) is 42.0 Å². The van der Waals surface area contributed by atoms with Crippen LogP contribution in [0.4, 0.5) is 0 Å². The van der Waals surface area contributed by atoms with Gasteiger partial charge in [0.25, 0.3) is 0 Å². The molecule has 1 heterocycles. The van der Waals surface area contributed by atoms with E-state index in [4.69, 9.17) is 11.2 Å². The van der Waals surface area contributed by atoms with Crippen LogP contribution in [0.3, 0.4) is 0 Å². The van der Waals surface area contributed by atoms with E-state index >= 15 is 0 Å². The Morgan fingerprint density at radius 2 is 2.18 bits per heavy atom. The molecule has 0 amide bonds. The summed E-state index contributed by atoms with van der Waals surface area (Å²) in [4.78, 5) is 11.6. The van der Waals surface area contributed by atoms with Gasteiger partial charge in [0.15, 0.2) is 0 Å². The number of benzene rings is 1. The van der Waals surface area contributed by atoms with Crippen molar-refractivity contribution >= 4 is 5.97 Å². The molecule has 17 heavy (non-hydrogen) atoms. The molecule has 2 nitrogen and oxygen atoms in total. The van der Waals surface area contributed by atoms with Crippen LogP contribution in [0.1, 0.15) is 12.0 Å². The van der Waals surface area contributed by atoms with E-state index in [1.807, 2.05) is 30.3 Å². The summed E-state index contributed by atoms with van der Waals surface area (Å²) in [6, 6.07) is 9.95. The number of rotatable bonds is 2. The van der Waals surface area contributed by atoms with Crippen LogP contribution in [0.5, 0.6) is 0 Å². The van der Waals surface area contributed by atoms with Gasteiger partial charge in [-0.05, 0) is 30.1 Å². The molecule has 0 N–H and O–H groups in total. The Kier molecular flexibility index (Phi) is 3.62. The van der Waals surface area contributed by atoms with E-state index < -0.39 is 0 Å².